The molecule has 2 aromatic heterocycles. The quantitative estimate of drug-likeness (QED) is 0.863. The fourth-order valence-corrected chi connectivity index (χ4v) is 1.26. The highest BCUT2D eigenvalue weighted by Crippen LogP contribution is 2.14. The zero-order valence-electron chi connectivity index (χ0n) is 10.5. The highest BCUT2D eigenvalue weighted by molar-refractivity contribution is 5.60. The lowest BCUT2D eigenvalue weighted by Gasteiger charge is -2.00. The van der Waals surface area contributed by atoms with Gasteiger partial charge < -0.3 is 5.73 Å². The molecule has 90 valence electrons. The number of aromatic nitrogens is 3. The molecule has 0 saturated heterocycles. The number of anilines is 1. The molecule has 0 amide bonds. The van der Waals surface area contributed by atoms with Crippen molar-refractivity contribution in [1.29, 1.82) is 0 Å². The van der Waals surface area contributed by atoms with Gasteiger partial charge in [-0.2, -0.15) is 5.10 Å². The Labute approximate surface area is 102 Å². The number of hydrogen-bond donors (Lipinski definition) is 1. The first-order valence-corrected chi connectivity index (χ1v) is 5.59. The van der Waals surface area contributed by atoms with Gasteiger partial charge >= 0.3 is 0 Å². The number of nitrogen functional groups attached to an aromatic ring is 1. The van der Waals surface area contributed by atoms with Gasteiger partial charge in [0.1, 0.15) is 5.82 Å². The van der Waals surface area contributed by atoms with Crippen LogP contribution in [0.1, 0.15) is 26.3 Å². The molecule has 0 spiro atoms. The van der Waals surface area contributed by atoms with Gasteiger partial charge in [-0.05, 0) is 18.6 Å². The van der Waals surface area contributed by atoms with E-state index in [-0.39, 0.29) is 0 Å². The van der Waals surface area contributed by atoms with Crippen molar-refractivity contribution in [3.8, 4) is 5.69 Å². The summed E-state index contributed by atoms with van der Waals surface area (Å²) in [5.74, 6) is 0.486. The van der Waals surface area contributed by atoms with Gasteiger partial charge in [-0.15, -0.1) is 0 Å². The predicted octanol–water partition coefficient (Wildman–Crippen LogP) is 2.91. The molecule has 0 saturated carbocycles. The monoisotopic (exact) mass is 230 g/mol. The van der Waals surface area contributed by atoms with Crippen LogP contribution in [0.5, 0.6) is 0 Å². The summed E-state index contributed by atoms with van der Waals surface area (Å²) in [6.07, 6.45) is 5.35. The molecule has 0 aliphatic heterocycles. The van der Waals surface area contributed by atoms with Crippen LogP contribution >= 0.6 is 0 Å². The van der Waals surface area contributed by atoms with Crippen molar-refractivity contribution in [1.82, 2.24) is 14.8 Å². The van der Waals surface area contributed by atoms with Gasteiger partial charge in [0.25, 0.3) is 0 Å². The van der Waals surface area contributed by atoms with Crippen molar-refractivity contribution in [3.05, 3.63) is 42.9 Å². The van der Waals surface area contributed by atoms with Crippen LogP contribution in [0.3, 0.4) is 0 Å². The number of nitrogens with zero attached hydrogens (tertiary/aromatic N) is 3. The molecule has 4 nitrogen and oxygen atoms in total. The first kappa shape index (κ1) is 13.0. The van der Waals surface area contributed by atoms with E-state index < -0.39 is 0 Å². The third kappa shape index (κ3) is 3.17. The van der Waals surface area contributed by atoms with Gasteiger partial charge in [0.05, 0.1) is 11.9 Å². The fourth-order valence-electron chi connectivity index (χ4n) is 1.26. The molecule has 0 aromatic carbocycles. The van der Waals surface area contributed by atoms with E-state index >= 15 is 0 Å². The maximum absolute atomic E-state index is 5.59. The van der Waals surface area contributed by atoms with Crippen LogP contribution in [-0.2, 0) is 0 Å². The second kappa shape index (κ2) is 5.84. The number of allylic oxidation sites excluding steroid dienone is 1. The summed E-state index contributed by atoms with van der Waals surface area (Å²) in [5, 5.41) is 4.22. The summed E-state index contributed by atoms with van der Waals surface area (Å²) in [6.45, 7) is 9.81. The molecule has 2 aromatic rings. The molecule has 0 unspecified atom stereocenters. The third-order valence-corrected chi connectivity index (χ3v) is 2.10. The molecule has 0 atom stereocenters. The zero-order valence-corrected chi connectivity index (χ0v) is 10.5. The fraction of sp³-hybridized carbons (Fsp3) is 0.231. The second-order valence-corrected chi connectivity index (χ2v) is 3.39. The summed E-state index contributed by atoms with van der Waals surface area (Å²) in [7, 11) is 0. The average molecular weight is 230 g/mol. The number of nitrogens with two attached hydrogens (primary N) is 1. The van der Waals surface area contributed by atoms with Crippen LogP contribution in [0.4, 0.5) is 5.82 Å². The van der Waals surface area contributed by atoms with E-state index in [1.54, 1.807) is 23.1 Å². The summed E-state index contributed by atoms with van der Waals surface area (Å²) < 4.78 is 1.75. The molecule has 17 heavy (non-hydrogen) atoms. The Balaban J connectivity index is 0.000000686. The maximum atomic E-state index is 5.59. The van der Waals surface area contributed by atoms with E-state index in [1.165, 1.54) is 0 Å². The topological polar surface area (TPSA) is 56.7 Å². The van der Waals surface area contributed by atoms with Crippen LogP contribution in [0.25, 0.3) is 11.3 Å². The van der Waals surface area contributed by atoms with Gasteiger partial charge in [0.15, 0.2) is 0 Å². The summed E-state index contributed by atoms with van der Waals surface area (Å²) in [6, 6.07) is 3.63. The van der Waals surface area contributed by atoms with Crippen molar-refractivity contribution in [2.75, 3.05) is 5.73 Å². The van der Waals surface area contributed by atoms with E-state index in [0.29, 0.717) is 5.82 Å². The number of rotatable bonds is 2. The molecule has 2 heterocycles. The minimum atomic E-state index is 0.486. The van der Waals surface area contributed by atoms with Crippen molar-refractivity contribution in [2.24, 2.45) is 0 Å². The van der Waals surface area contributed by atoms with E-state index in [4.69, 9.17) is 5.73 Å². The standard InChI is InChI=1S/C11H12N4.C2H6/c1-8(2)9-6-14-15(7-9)10-3-4-13-11(12)5-10;1-2/h3-7H,1H2,2H3,(H2,12,13);1-2H3. The van der Waals surface area contributed by atoms with E-state index in [0.717, 1.165) is 16.8 Å². The Kier molecular flexibility index (Phi) is 4.46. The molecule has 2 N–H and O–H groups in total. The highest BCUT2D eigenvalue weighted by atomic mass is 15.3. The molecular weight excluding hydrogens is 212 g/mol. The average Bonchev–Trinajstić information content (AvgIpc) is 2.81. The lowest BCUT2D eigenvalue weighted by atomic mass is 10.2. The first-order chi connectivity index (χ1) is 8.16. The van der Waals surface area contributed by atoms with Crippen molar-refractivity contribution >= 4 is 11.4 Å². The van der Waals surface area contributed by atoms with Gasteiger partial charge in [-0.3, -0.25) is 0 Å². The van der Waals surface area contributed by atoms with Crippen molar-refractivity contribution in [3.63, 3.8) is 0 Å². The molecule has 0 fully saturated rings. The van der Waals surface area contributed by atoms with E-state index in [1.807, 2.05) is 33.0 Å². The van der Waals surface area contributed by atoms with Crippen LogP contribution in [-0.4, -0.2) is 14.8 Å². The van der Waals surface area contributed by atoms with Crippen LogP contribution < -0.4 is 5.73 Å². The summed E-state index contributed by atoms with van der Waals surface area (Å²) in [5.41, 5.74) is 8.50. The normalized spacial score (nSPS) is 9.35. The van der Waals surface area contributed by atoms with Gasteiger partial charge in [-0.25, -0.2) is 9.67 Å². The highest BCUT2D eigenvalue weighted by Gasteiger charge is 2.01. The Morgan fingerprint density at radius 2 is 2.12 bits per heavy atom. The minimum absolute atomic E-state index is 0.486. The van der Waals surface area contributed by atoms with Gasteiger partial charge in [-0.1, -0.05) is 20.4 Å². The van der Waals surface area contributed by atoms with E-state index in [2.05, 4.69) is 16.7 Å². The van der Waals surface area contributed by atoms with E-state index in [9.17, 15) is 0 Å². The number of pyridine rings is 1. The van der Waals surface area contributed by atoms with Crippen LogP contribution in [0, 0.1) is 0 Å². The molecule has 2 rings (SSSR count). The molecule has 4 heteroatoms. The first-order valence-electron chi connectivity index (χ1n) is 5.59. The molecule has 0 aliphatic rings. The van der Waals surface area contributed by atoms with Crippen molar-refractivity contribution in [2.45, 2.75) is 20.8 Å². The Morgan fingerprint density at radius 1 is 1.41 bits per heavy atom. The van der Waals surface area contributed by atoms with Gasteiger partial charge in [0, 0.05) is 24.0 Å². The minimum Gasteiger partial charge on any atom is -0.384 e. The predicted molar refractivity (Wildman–Crippen MR) is 71.8 cm³/mol. The zero-order chi connectivity index (χ0) is 12.8. The smallest absolute Gasteiger partial charge is 0.125 e. The Hall–Kier alpha value is -2.10. The Bertz CT molecular complexity index is 500. The molecule has 0 bridgehead atoms. The summed E-state index contributed by atoms with van der Waals surface area (Å²) >= 11 is 0. The third-order valence-electron chi connectivity index (χ3n) is 2.10. The molecular formula is C13H18N4. The lowest BCUT2D eigenvalue weighted by Crippen LogP contribution is -1.97. The van der Waals surface area contributed by atoms with Crippen LogP contribution in [0.15, 0.2) is 37.3 Å². The van der Waals surface area contributed by atoms with Crippen LogP contribution in [0.2, 0.25) is 0 Å². The molecule has 0 radical (unpaired) electrons. The SMILES string of the molecule is C=C(C)c1cnn(-c2ccnc(N)c2)c1.CC. The Morgan fingerprint density at radius 3 is 2.65 bits per heavy atom. The van der Waals surface area contributed by atoms with Crippen molar-refractivity contribution < 1.29 is 0 Å². The number of hydrogen-bond acceptors (Lipinski definition) is 3. The van der Waals surface area contributed by atoms with Gasteiger partial charge in [0.2, 0.25) is 0 Å². The maximum Gasteiger partial charge on any atom is 0.125 e. The molecule has 0 aliphatic carbocycles. The summed E-state index contributed by atoms with van der Waals surface area (Å²) in [4.78, 5) is 3.93. The second-order valence-electron chi connectivity index (χ2n) is 3.39. The largest absolute Gasteiger partial charge is 0.384 e. The lowest BCUT2D eigenvalue weighted by molar-refractivity contribution is 0.878.